The number of aryl methyl sites for hydroxylation is 3. The van der Waals surface area contributed by atoms with Gasteiger partial charge in [0.2, 0.25) is 0 Å². The van der Waals surface area contributed by atoms with E-state index in [1.54, 1.807) is 0 Å². The first-order chi connectivity index (χ1) is 19.1. The van der Waals surface area contributed by atoms with Crippen molar-refractivity contribution >= 4 is 10.9 Å². The Kier molecular flexibility index (Phi) is 8.58. The smallest absolute Gasteiger partial charge is 0.252 e. The maximum atomic E-state index is 13.2. The molecule has 2 aromatic heterocycles. The van der Waals surface area contributed by atoms with E-state index in [0.29, 0.717) is 13.1 Å². The Hall–Kier alpha value is -4.10. The lowest BCUT2D eigenvalue weighted by atomic mass is 10.1. The van der Waals surface area contributed by atoms with Gasteiger partial charge in [-0.25, -0.2) is 4.68 Å². The van der Waals surface area contributed by atoms with Crippen LogP contribution in [0.15, 0.2) is 89.7 Å². The number of H-pyrrole nitrogens is 1. The second-order valence-corrected chi connectivity index (χ2v) is 10.0. The van der Waals surface area contributed by atoms with Gasteiger partial charge in [-0.15, -0.1) is 5.10 Å². The molecule has 200 valence electrons. The number of hydrogen-bond acceptors (Lipinski definition) is 5. The minimum Gasteiger partial charge on any atom is -0.322 e. The van der Waals surface area contributed by atoms with Crippen LogP contribution < -0.4 is 5.56 Å². The summed E-state index contributed by atoms with van der Waals surface area (Å²) in [5, 5.41) is 14.0. The summed E-state index contributed by atoms with van der Waals surface area (Å²) >= 11 is 0. The number of aromatic amines is 1. The molecule has 0 amide bonds. The van der Waals surface area contributed by atoms with Crippen LogP contribution in [0.3, 0.4) is 0 Å². The second kappa shape index (κ2) is 12.6. The Bertz CT molecular complexity index is 1540. The van der Waals surface area contributed by atoms with Crippen molar-refractivity contribution in [2.75, 3.05) is 6.54 Å². The van der Waals surface area contributed by atoms with Crippen molar-refractivity contribution in [3.63, 3.8) is 0 Å². The molecule has 39 heavy (non-hydrogen) atoms. The van der Waals surface area contributed by atoms with Crippen LogP contribution in [0.1, 0.15) is 54.4 Å². The highest BCUT2D eigenvalue weighted by atomic mass is 16.1. The Balaban J connectivity index is 1.45. The number of fused-ring (bicyclic) bond motifs is 1. The summed E-state index contributed by atoms with van der Waals surface area (Å²) < 4.78 is 1.93. The molecular weight excluding hydrogens is 484 g/mol. The van der Waals surface area contributed by atoms with Crippen molar-refractivity contribution in [1.29, 1.82) is 0 Å². The van der Waals surface area contributed by atoms with Gasteiger partial charge >= 0.3 is 0 Å². The molecule has 0 aliphatic heterocycles. The van der Waals surface area contributed by atoms with Gasteiger partial charge < -0.3 is 4.98 Å². The Morgan fingerprint density at radius 1 is 0.872 bits per heavy atom. The second-order valence-electron chi connectivity index (χ2n) is 10.0. The van der Waals surface area contributed by atoms with E-state index in [4.69, 9.17) is 0 Å². The summed E-state index contributed by atoms with van der Waals surface area (Å²) in [5.41, 5.74) is 5.35. The lowest BCUT2D eigenvalue weighted by molar-refractivity contribution is 0.171. The van der Waals surface area contributed by atoms with Gasteiger partial charge in [0.05, 0.1) is 6.04 Å². The third-order valence-electron chi connectivity index (χ3n) is 7.44. The summed E-state index contributed by atoms with van der Waals surface area (Å²) in [6.07, 6.45) is 3.50. The highest BCUT2D eigenvalue weighted by molar-refractivity contribution is 5.79. The van der Waals surface area contributed by atoms with Crippen LogP contribution in [0.2, 0.25) is 0 Å². The Morgan fingerprint density at radius 3 is 2.28 bits per heavy atom. The van der Waals surface area contributed by atoms with E-state index >= 15 is 0 Å². The standard InChI is InChI=1S/C32H36N6O/c1-3-24-15-16-29-27(21-24)22-28(32(39)33-29)23-37(19-17-25-11-7-5-8-12-25)30(4-2)31-34-35-36-38(31)20-18-26-13-9-6-10-14-26/h5-16,21-22,30H,3-4,17-20,23H2,1-2H3,(H,33,39)/t30-/m1/s1. The maximum Gasteiger partial charge on any atom is 0.252 e. The minimum atomic E-state index is -0.0463. The number of pyridine rings is 1. The molecule has 0 spiro atoms. The number of aromatic nitrogens is 5. The highest BCUT2D eigenvalue weighted by Gasteiger charge is 2.25. The van der Waals surface area contributed by atoms with Crippen LogP contribution in [0, 0.1) is 0 Å². The van der Waals surface area contributed by atoms with E-state index < -0.39 is 0 Å². The third-order valence-corrected chi connectivity index (χ3v) is 7.44. The van der Waals surface area contributed by atoms with Crippen molar-refractivity contribution in [2.24, 2.45) is 0 Å². The maximum absolute atomic E-state index is 13.2. The number of hydrogen-bond donors (Lipinski definition) is 1. The summed E-state index contributed by atoms with van der Waals surface area (Å²) in [4.78, 5) is 18.7. The minimum absolute atomic E-state index is 0.0310. The average molecular weight is 521 g/mol. The SMILES string of the molecule is CCc1ccc2[nH]c(=O)c(CN(CCc3ccccc3)[C@H](CC)c3nnnn3CCc3ccccc3)cc2c1. The fourth-order valence-corrected chi connectivity index (χ4v) is 5.21. The lowest BCUT2D eigenvalue weighted by Gasteiger charge is -2.30. The van der Waals surface area contributed by atoms with E-state index in [1.807, 2.05) is 28.9 Å². The molecule has 0 unspecified atom stereocenters. The van der Waals surface area contributed by atoms with Gasteiger partial charge in [0.15, 0.2) is 5.82 Å². The topological polar surface area (TPSA) is 79.7 Å². The van der Waals surface area contributed by atoms with Gasteiger partial charge in [0, 0.05) is 30.7 Å². The van der Waals surface area contributed by atoms with Crippen molar-refractivity contribution < 1.29 is 0 Å². The number of rotatable bonds is 12. The Morgan fingerprint density at radius 2 is 1.59 bits per heavy atom. The molecule has 0 radical (unpaired) electrons. The van der Waals surface area contributed by atoms with Crippen LogP contribution in [0.4, 0.5) is 0 Å². The third kappa shape index (κ3) is 6.49. The van der Waals surface area contributed by atoms with Gasteiger partial charge in [-0.1, -0.05) is 80.6 Å². The fraction of sp³-hybridized carbons (Fsp3) is 0.312. The number of nitrogens with one attached hydrogen (secondary N) is 1. The first-order valence-electron chi connectivity index (χ1n) is 13.9. The van der Waals surface area contributed by atoms with Crippen molar-refractivity contribution in [1.82, 2.24) is 30.1 Å². The predicted molar refractivity (Wildman–Crippen MR) is 155 cm³/mol. The molecule has 1 atom stereocenters. The first kappa shape index (κ1) is 26.5. The van der Waals surface area contributed by atoms with Crippen LogP contribution in [0.5, 0.6) is 0 Å². The monoisotopic (exact) mass is 520 g/mol. The fourth-order valence-electron chi connectivity index (χ4n) is 5.21. The van der Waals surface area contributed by atoms with Gasteiger partial charge in [0.25, 0.3) is 5.56 Å². The van der Waals surface area contributed by atoms with Crippen LogP contribution >= 0.6 is 0 Å². The largest absolute Gasteiger partial charge is 0.322 e. The zero-order valence-corrected chi connectivity index (χ0v) is 22.8. The van der Waals surface area contributed by atoms with E-state index in [9.17, 15) is 4.79 Å². The van der Waals surface area contributed by atoms with Crippen LogP contribution in [-0.4, -0.2) is 36.6 Å². The van der Waals surface area contributed by atoms with Crippen molar-refractivity contribution in [3.05, 3.63) is 123 Å². The molecule has 7 nitrogen and oxygen atoms in total. The average Bonchev–Trinajstić information content (AvgIpc) is 3.44. The molecule has 5 aromatic rings. The number of benzene rings is 3. The summed E-state index contributed by atoms with van der Waals surface area (Å²) in [7, 11) is 0. The highest BCUT2D eigenvalue weighted by Crippen LogP contribution is 2.25. The molecule has 1 N–H and O–H groups in total. The molecule has 0 aliphatic carbocycles. The molecule has 0 bridgehead atoms. The number of nitrogens with zero attached hydrogens (tertiary/aromatic N) is 5. The van der Waals surface area contributed by atoms with E-state index in [0.717, 1.165) is 54.5 Å². The molecule has 7 heteroatoms. The molecule has 0 aliphatic rings. The Labute approximate surface area is 229 Å². The quantitative estimate of drug-likeness (QED) is 0.234. The van der Waals surface area contributed by atoms with Gasteiger partial charge in [-0.2, -0.15) is 0 Å². The zero-order valence-electron chi connectivity index (χ0n) is 22.8. The van der Waals surface area contributed by atoms with E-state index in [1.165, 1.54) is 16.7 Å². The van der Waals surface area contributed by atoms with E-state index in [-0.39, 0.29) is 11.6 Å². The van der Waals surface area contributed by atoms with Crippen LogP contribution in [-0.2, 0) is 32.4 Å². The van der Waals surface area contributed by atoms with Crippen molar-refractivity contribution in [2.45, 2.75) is 58.7 Å². The van der Waals surface area contributed by atoms with Gasteiger partial charge in [-0.3, -0.25) is 9.69 Å². The van der Waals surface area contributed by atoms with Gasteiger partial charge in [-0.05, 0) is 76.4 Å². The molecule has 0 saturated carbocycles. The number of tetrazole rings is 1. The van der Waals surface area contributed by atoms with E-state index in [2.05, 4.69) is 99.9 Å². The van der Waals surface area contributed by atoms with Crippen molar-refractivity contribution in [3.8, 4) is 0 Å². The van der Waals surface area contributed by atoms with Crippen LogP contribution in [0.25, 0.3) is 10.9 Å². The summed E-state index contributed by atoms with van der Waals surface area (Å²) in [6, 6.07) is 29.1. The lowest BCUT2D eigenvalue weighted by Crippen LogP contribution is -2.34. The zero-order chi connectivity index (χ0) is 27.0. The molecule has 0 saturated heterocycles. The predicted octanol–water partition coefficient (Wildman–Crippen LogP) is 5.52. The van der Waals surface area contributed by atoms with Gasteiger partial charge in [0.1, 0.15) is 0 Å². The molecule has 2 heterocycles. The molecule has 3 aromatic carbocycles. The molecule has 5 rings (SSSR count). The first-order valence-corrected chi connectivity index (χ1v) is 13.9. The molecular formula is C32H36N6O. The molecule has 0 fully saturated rings. The summed E-state index contributed by atoms with van der Waals surface area (Å²) in [5.74, 6) is 0.840. The summed E-state index contributed by atoms with van der Waals surface area (Å²) in [6.45, 7) is 6.30. The normalized spacial score (nSPS) is 12.3.